The van der Waals surface area contributed by atoms with Gasteiger partial charge in [0.2, 0.25) is 0 Å². The number of carbonyl (C=O) groups is 1. The minimum Gasteiger partial charge on any atom is -0.469 e. The summed E-state index contributed by atoms with van der Waals surface area (Å²) in [5, 5.41) is 6.81. The molecule has 0 heterocycles. The molecule has 2 N–H and O–H groups in total. The van der Waals surface area contributed by atoms with Crippen LogP contribution in [0.4, 0.5) is 0 Å². The summed E-state index contributed by atoms with van der Waals surface area (Å²) in [5.41, 5.74) is 1.62. The molecule has 0 unspecified atom stereocenters. The highest BCUT2D eigenvalue weighted by Gasteiger charge is 2.44. The van der Waals surface area contributed by atoms with Gasteiger partial charge >= 0.3 is 5.97 Å². The maximum atomic E-state index is 11.1. The van der Waals surface area contributed by atoms with Crippen molar-refractivity contribution >= 4 is 51.8 Å². The molecule has 26 heavy (non-hydrogen) atoms. The van der Waals surface area contributed by atoms with Gasteiger partial charge in [-0.25, -0.2) is 0 Å². The molecule has 0 saturated heterocycles. The smallest absolute Gasteiger partial charge is 0.305 e. The molecule has 0 aromatic heterocycles. The molecule has 0 aliphatic heterocycles. The summed E-state index contributed by atoms with van der Waals surface area (Å²) < 4.78 is 5.77. The van der Waals surface area contributed by atoms with Crippen LogP contribution in [0, 0.1) is 0 Å². The van der Waals surface area contributed by atoms with Gasteiger partial charge < -0.3 is 15.4 Å². The molecule has 0 bridgehead atoms. The van der Waals surface area contributed by atoms with E-state index in [4.69, 9.17) is 0 Å². The predicted octanol–water partition coefficient (Wildman–Crippen LogP) is 4.00. The zero-order chi connectivity index (χ0) is 18.1. The van der Waals surface area contributed by atoms with Crippen molar-refractivity contribution in [2.75, 3.05) is 27.2 Å². The first-order valence-corrected chi connectivity index (χ1v) is 9.66. The van der Waals surface area contributed by atoms with Crippen LogP contribution >= 0.6 is 39.9 Å². The lowest BCUT2D eigenvalue weighted by atomic mass is 9.96. The van der Waals surface area contributed by atoms with Gasteiger partial charge in [-0.15, -0.1) is 24.0 Å². The quantitative estimate of drug-likeness (QED) is 0.164. The average molecular weight is 538 g/mol. The summed E-state index contributed by atoms with van der Waals surface area (Å²) in [7, 11) is 3.23. The van der Waals surface area contributed by atoms with Crippen molar-refractivity contribution in [3.05, 3.63) is 34.3 Å². The van der Waals surface area contributed by atoms with Crippen molar-refractivity contribution in [1.29, 1.82) is 0 Å². The van der Waals surface area contributed by atoms with Gasteiger partial charge in [-0.05, 0) is 43.4 Å². The number of carbonyl (C=O) groups excluding carboxylic acids is 1. The fourth-order valence-corrected chi connectivity index (χ4v) is 3.29. The van der Waals surface area contributed by atoms with Crippen molar-refractivity contribution in [3.8, 4) is 0 Å². The Balaban J connectivity index is 0.00000338. The number of guanidine groups is 1. The summed E-state index contributed by atoms with van der Waals surface area (Å²) in [6.07, 6.45) is 5.79. The average Bonchev–Trinajstić information content (AvgIpc) is 3.41. The number of unbranched alkanes of at least 4 members (excludes halogenated alkanes) is 2. The highest BCUT2D eigenvalue weighted by atomic mass is 127. The fourth-order valence-electron chi connectivity index (χ4n) is 2.89. The third kappa shape index (κ3) is 7.42. The van der Waals surface area contributed by atoms with Gasteiger partial charge in [0.25, 0.3) is 0 Å². The maximum Gasteiger partial charge on any atom is 0.305 e. The Kier molecular flexibility index (Phi) is 10.5. The van der Waals surface area contributed by atoms with Gasteiger partial charge in [-0.2, -0.15) is 0 Å². The summed E-state index contributed by atoms with van der Waals surface area (Å²) in [6.45, 7) is 1.75. The molecule has 1 saturated carbocycles. The Labute approximate surface area is 181 Å². The van der Waals surface area contributed by atoms with Gasteiger partial charge in [-0.1, -0.05) is 34.5 Å². The minimum absolute atomic E-state index is 0. The minimum atomic E-state index is -0.132. The predicted molar refractivity (Wildman–Crippen MR) is 120 cm³/mol. The Morgan fingerprint density at radius 2 is 2.04 bits per heavy atom. The van der Waals surface area contributed by atoms with E-state index >= 15 is 0 Å². The molecule has 0 amide bonds. The van der Waals surface area contributed by atoms with E-state index in [9.17, 15) is 4.79 Å². The number of ether oxygens (including phenoxy) is 1. The molecular formula is C19H29BrIN3O2. The highest BCUT2D eigenvalue weighted by Crippen LogP contribution is 2.48. The lowest BCUT2D eigenvalue weighted by molar-refractivity contribution is -0.140. The van der Waals surface area contributed by atoms with Crippen molar-refractivity contribution in [2.45, 2.75) is 43.9 Å². The van der Waals surface area contributed by atoms with E-state index in [1.807, 2.05) is 0 Å². The van der Waals surface area contributed by atoms with E-state index in [1.165, 1.54) is 25.5 Å². The molecule has 1 aromatic carbocycles. The number of esters is 1. The van der Waals surface area contributed by atoms with Gasteiger partial charge in [0, 0.05) is 36.4 Å². The summed E-state index contributed by atoms with van der Waals surface area (Å²) in [6, 6.07) is 8.58. The SMILES string of the molecule is CN=C(NCCCCCC(=O)OC)NCC1(c2cccc(Br)c2)CC1.I. The Morgan fingerprint density at radius 3 is 2.65 bits per heavy atom. The normalized spacial score (nSPS) is 15.0. The lowest BCUT2D eigenvalue weighted by Gasteiger charge is -2.19. The van der Waals surface area contributed by atoms with Gasteiger partial charge in [0.1, 0.15) is 0 Å². The molecule has 0 atom stereocenters. The number of halogens is 2. The van der Waals surface area contributed by atoms with Crippen LogP contribution < -0.4 is 10.6 Å². The number of nitrogens with zero attached hydrogens (tertiary/aromatic N) is 1. The fraction of sp³-hybridized carbons (Fsp3) is 0.579. The Hall–Kier alpha value is -0.830. The van der Waals surface area contributed by atoms with E-state index in [1.54, 1.807) is 7.05 Å². The van der Waals surface area contributed by atoms with E-state index < -0.39 is 0 Å². The first-order valence-electron chi connectivity index (χ1n) is 8.87. The number of benzene rings is 1. The first kappa shape index (κ1) is 23.2. The zero-order valence-corrected chi connectivity index (χ0v) is 19.4. The lowest BCUT2D eigenvalue weighted by Crippen LogP contribution is -2.41. The summed E-state index contributed by atoms with van der Waals surface area (Å²) in [4.78, 5) is 15.4. The second-order valence-corrected chi connectivity index (χ2v) is 7.45. The number of aliphatic imine (C=N–C) groups is 1. The maximum absolute atomic E-state index is 11.1. The van der Waals surface area contributed by atoms with Crippen LogP contribution in [-0.2, 0) is 14.9 Å². The molecule has 0 radical (unpaired) electrons. The van der Waals surface area contributed by atoms with Crippen molar-refractivity contribution in [1.82, 2.24) is 10.6 Å². The highest BCUT2D eigenvalue weighted by molar-refractivity contribution is 14.0. The van der Waals surface area contributed by atoms with Crippen LogP contribution in [0.25, 0.3) is 0 Å². The standard InChI is InChI=1S/C19H28BrN3O2.HI/c1-21-18(22-12-5-3-4-9-17(24)25-2)23-14-19(10-11-19)15-7-6-8-16(20)13-15;/h6-8,13H,3-5,9-12,14H2,1-2H3,(H2,21,22,23);1H. The van der Waals surface area contributed by atoms with Gasteiger partial charge in [-0.3, -0.25) is 9.79 Å². The largest absolute Gasteiger partial charge is 0.469 e. The Morgan fingerprint density at radius 1 is 1.27 bits per heavy atom. The van der Waals surface area contributed by atoms with Crippen LogP contribution in [0.3, 0.4) is 0 Å². The van der Waals surface area contributed by atoms with Crippen LogP contribution in [0.5, 0.6) is 0 Å². The molecule has 1 aromatic rings. The molecule has 146 valence electrons. The van der Waals surface area contributed by atoms with Crippen LogP contribution in [0.15, 0.2) is 33.7 Å². The van der Waals surface area contributed by atoms with E-state index in [-0.39, 0.29) is 35.4 Å². The molecule has 1 aliphatic carbocycles. The molecular weight excluding hydrogens is 509 g/mol. The zero-order valence-electron chi connectivity index (χ0n) is 15.5. The topological polar surface area (TPSA) is 62.7 Å². The number of hydrogen-bond acceptors (Lipinski definition) is 3. The van der Waals surface area contributed by atoms with E-state index in [0.29, 0.717) is 6.42 Å². The third-order valence-corrected chi connectivity index (χ3v) is 5.18. The number of nitrogens with one attached hydrogen (secondary N) is 2. The summed E-state index contributed by atoms with van der Waals surface area (Å²) >= 11 is 3.56. The van der Waals surface area contributed by atoms with Crippen molar-refractivity contribution < 1.29 is 9.53 Å². The summed E-state index contributed by atoms with van der Waals surface area (Å²) in [5.74, 6) is 0.710. The molecule has 0 spiro atoms. The second kappa shape index (κ2) is 11.8. The van der Waals surface area contributed by atoms with Crippen molar-refractivity contribution in [3.63, 3.8) is 0 Å². The number of hydrogen-bond donors (Lipinski definition) is 2. The Bertz CT molecular complexity index is 606. The second-order valence-electron chi connectivity index (χ2n) is 6.53. The van der Waals surface area contributed by atoms with Crippen molar-refractivity contribution in [2.24, 2.45) is 4.99 Å². The molecule has 1 aliphatic rings. The third-order valence-electron chi connectivity index (χ3n) is 4.69. The van der Waals surface area contributed by atoms with Crippen LogP contribution in [0.2, 0.25) is 0 Å². The monoisotopic (exact) mass is 537 g/mol. The first-order chi connectivity index (χ1) is 12.1. The van der Waals surface area contributed by atoms with Crippen LogP contribution in [-0.4, -0.2) is 39.2 Å². The number of methoxy groups -OCH3 is 1. The molecule has 7 heteroatoms. The molecule has 5 nitrogen and oxygen atoms in total. The number of rotatable bonds is 9. The van der Waals surface area contributed by atoms with E-state index in [0.717, 1.165) is 42.8 Å². The molecule has 1 fully saturated rings. The van der Waals surface area contributed by atoms with E-state index in [2.05, 4.69) is 60.6 Å². The van der Waals surface area contributed by atoms with Crippen LogP contribution in [0.1, 0.15) is 44.1 Å². The van der Waals surface area contributed by atoms with Gasteiger partial charge in [0.05, 0.1) is 7.11 Å². The van der Waals surface area contributed by atoms with Gasteiger partial charge in [0.15, 0.2) is 5.96 Å². The molecule has 2 rings (SSSR count).